The first-order valence-corrected chi connectivity index (χ1v) is 17.1. The van der Waals surface area contributed by atoms with Gasteiger partial charge in [0.15, 0.2) is 5.78 Å². The van der Waals surface area contributed by atoms with Crippen LogP contribution in [-0.2, 0) is 19.1 Å². The van der Waals surface area contributed by atoms with Crippen LogP contribution in [0.4, 0.5) is 4.79 Å². The zero-order valence-electron chi connectivity index (χ0n) is 29.0. The lowest BCUT2D eigenvalue weighted by Crippen LogP contribution is -2.62. The Bertz CT molecular complexity index is 1210. The van der Waals surface area contributed by atoms with Gasteiger partial charge in [0.1, 0.15) is 18.0 Å². The number of carbonyl (C=O) groups excluding carboxylic acids is 3. The Labute approximate surface area is 266 Å². The second-order valence-corrected chi connectivity index (χ2v) is 17.1. The third-order valence-electron chi connectivity index (χ3n) is 13.0. The van der Waals surface area contributed by atoms with Gasteiger partial charge in [0.05, 0.1) is 18.8 Å². The van der Waals surface area contributed by atoms with Crippen molar-refractivity contribution >= 4 is 17.7 Å². The fourth-order valence-corrected chi connectivity index (χ4v) is 9.89. The molecule has 0 aromatic carbocycles. The number of Topliss-reactive ketones (excluding diaryl/α,β-unsaturated/α-hetero) is 2. The molecule has 0 spiro atoms. The monoisotopic (exact) mass is 610 g/mol. The van der Waals surface area contributed by atoms with Crippen LogP contribution in [0.15, 0.2) is 11.6 Å². The Kier molecular flexibility index (Phi) is 9.61. The molecule has 1 aliphatic heterocycles. The van der Waals surface area contributed by atoms with Crippen molar-refractivity contribution in [1.82, 2.24) is 5.32 Å². The molecule has 0 bridgehead atoms. The van der Waals surface area contributed by atoms with Gasteiger partial charge in [-0.2, -0.15) is 5.26 Å². The Morgan fingerprint density at radius 3 is 2.39 bits per heavy atom. The maximum Gasteiger partial charge on any atom is 0.407 e. The van der Waals surface area contributed by atoms with Crippen molar-refractivity contribution in [3.05, 3.63) is 11.6 Å². The topological polar surface area (TPSA) is 105 Å². The van der Waals surface area contributed by atoms with E-state index in [2.05, 4.69) is 59.9 Å². The predicted octanol–water partition coefficient (Wildman–Crippen LogP) is 8.11. The number of nitrogens with one attached hydrogen (secondary N) is 1. The minimum atomic E-state index is -0.648. The normalized spacial score (nSPS) is 36.4. The molecule has 0 radical (unpaired) electrons. The summed E-state index contributed by atoms with van der Waals surface area (Å²) in [6.07, 6.45) is 10.4. The molecule has 44 heavy (non-hydrogen) atoms. The zero-order valence-corrected chi connectivity index (χ0v) is 29.0. The molecule has 0 aromatic heterocycles. The molecule has 2 saturated carbocycles. The van der Waals surface area contributed by atoms with E-state index < -0.39 is 16.4 Å². The molecule has 1 unspecified atom stereocenters. The SMILES string of the molecule is CCCC(C)(C)CC[C@@](C)(CC[C@]1(C)CC(=O)C[C@@H]2[C@@]3(C)C=C(C#N)C(=O)C(C)(C)[C@@H]3CC[C@]21C)NC(=O)OC1CCOC1. The highest BCUT2D eigenvalue weighted by Crippen LogP contribution is 2.70. The molecule has 246 valence electrons. The van der Waals surface area contributed by atoms with E-state index in [4.69, 9.17) is 9.47 Å². The molecule has 4 rings (SSSR count). The number of allylic oxidation sites excluding steroid dienone is 2. The molecule has 3 aliphatic carbocycles. The van der Waals surface area contributed by atoms with Gasteiger partial charge < -0.3 is 14.8 Å². The first-order chi connectivity index (χ1) is 20.3. The summed E-state index contributed by atoms with van der Waals surface area (Å²) in [7, 11) is 0. The van der Waals surface area contributed by atoms with Crippen LogP contribution in [0.5, 0.6) is 0 Å². The maximum atomic E-state index is 13.6. The Morgan fingerprint density at radius 2 is 1.77 bits per heavy atom. The number of nitriles is 1. The van der Waals surface area contributed by atoms with Crippen LogP contribution < -0.4 is 5.32 Å². The van der Waals surface area contributed by atoms with Gasteiger partial charge in [0.2, 0.25) is 0 Å². The maximum absolute atomic E-state index is 13.6. The number of alkyl carbamates (subject to hydrolysis) is 1. The number of rotatable bonds is 10. The van der Waals surface area contributed by atoms with Crippen molar-refractivity contribution in [2.75, 3.05) is 13.2 Å². The van der Waals surface area contributed by atoms with Crippen LogP contribution in [0, 0.1) is 50.2 Å². The van der Waals surface area contributed by atoms with E-state index in [1.165, 1.54) is 0 Å². The minimum absolute atomic E-state index is 0.0331. The lowest BCUT2D eigenvalue weighted by Gasteiger charge is -2.66. The number of ketones is 2. The van der Waals surface area contributed by atoms with Crippen LogP contribution in [0.1, 0.15) is 133 Å². The van der Waals surface area contributed by atoms with Crippen LogP contribution >= 0.6 is 0 Å². The van der Waals surface area contributed by atoms with Gasteiger partial charge in [0, 0.05) is 30.2 Å². The smallest absolute Gasteiger partial charge is 0.407 e. The fraction of sp³-hybridized carbons (Fsp3) is 0.838. The second kappa shape index (κ2) is 12.2. The fourth-order valence-electron chi connectivity index (χ4n) is 9.89. The van der Waals surface area contributed by atoms with Crippen LogP contribution in [0.2, 0.25) is 0 Å². The number of hydrogen-bond donors (Lipinski definition) is 1. The lowest BCUT2D eigenvalue weighted by atomic mass is 9.37. The highest BCUT2D eigenvalue weighted by molar-refractivity contribution is 6.04. The van der Waals surface area contributed by atoms with Gasteiger partial charge in [0.25, 0.3) is 0 Å². The van der Waals surface area contributed by atoms with Crippen molar-refractivity contribution in [3.8, 4) is 6.07 Å². The molecule has 1 saturated heterocycles. The van der Waals surface area contributed by atoms with Crippen molar-refractivity contribution in [3.63, 3.8) is 0 Å². The van der Waals surface area contributed by atoms with E-state index in [1.54, 1.807) is 0 Å². The molecule has 1 N–H and O–H groups in total. The summed E-state index contributed by atoms with van der Waals surface area (Å²) in [5, 5.41) is 13.2. The van der Waals surface area contributed by atoms with Crippen molar-refractivity contribution in [2.45, 2.75) is 145 Å². The second-order valence-electron chi connectivity index (χ2n) is 17.1. The Balaban J connectivity index is 1.62. The quantitative estimate of drug-likeness (QED) is 0.268. The number of hydrogen-bond acceptors (Lipinski definition) is 6. The lowest BCUT2D eigenvalue weighted by molar-refractivity contribution is -0.174. The first kappa shape index (κ1) is 34.7. The summed E-state index contributed by atoms with van der Waals surface area (Å²) < 4.78 is 11.2. The highest BCUT2D eigenvalue weighted by atomic mass is 16.6. The van der Waals surface area contributed by atoms with E-state index in [1.807, 2.05) is 19.9 Å². The minimum Gasteiger partial charge on any atom is -0.444 e. The van der Waals surface area contributed by atoms with Crippen molar-refractivity contribution in [2.24, 2.45) is 38.9 Å². The average molecular weight is 611 g/mol. The molecular weight excluding hydrogens is 552 g/mol. The molecule has 4 aliphatic rings. The largest absolute Gasteiger partial charge is 0.444 e. The summed E-state index contributed by atoms with van der Waals surface area (Å²) in [6, 6.07) is 2.20. The number of fused-ring (bicyclic) bond motifs is 3. The summed E-state index contributed by atoms with van der Waals surface area (Å²) in [4.78, 5) is 40.1. The van der Waals surface area contributed by atoms with Crippen molar-refractivity contribution < 1.29 is 23.9 Å². The van der Waals surface area contributed by atoms with Crippen LogP contribution in [0.3, 0.4) is 0 Å². The van der Waals surface area contributed by atoms with E-state index in [9.17, 15) is 19.6 Å². The molecule has 1 heterocycles. The third-order valence-corrected chi connectivity index (χ3v) is 13.0. The zero-order chi connectivity index (χ0) is 32.8. The summed E-state index contributed by atoms with van der Waals surface area (Å²) in [6.45, 7) is 20.8. The molecule has 7 nitrogen and oxygen atoms in total. The summed E-state index contributed by atoms with van der Waals surface area (Å²) in [5.74, 6) is 0.304. The molecule has 0 aromatic rings. The molecule has 1 amide bonds. The Hall–Kier alpha value is -2.20. The van der Waals surface area contributed by atoms with Crippen molar-refractivity contribution in [1.29, 1.82) is 5.26 Å². The van der Waals surface area contributed by atoms with E-state index in [0.29, 0.717) is 26.1 Å². The molecular formula is C37H58N2O5. The number of ether oxygens (including phenoxy) is 2. The highest BCUT2D eigenvalue weighted by Gasteiger charge is 2.66. The van der Waals surface area contributed by atoms with Gasteiger partial charge in [-0.1, -0.05) is 67.9 Å². The Morgan fingerprint density at radius 1 is 1.07 bits per heavy atom. The molecule has 7 heteroatoms. The molecule has 3 fully saturated rings. The summed E-state index contributed by atoms with van der Waals surface area (Å²) >= 11 is 0. The summed E-state index contributed by atoms with van der Waals surface area (Å²) in [5.41, 5.74) is -1.62. The average Bonchev–Trinajstić information content (AvgIpc) is 3.43. The first-order valence-electron chi connectivity index (χ1n) is 17.1. The number of nitrogens with zero attached hydrogens (tertiary/aromatic N) is 1. The van der Waals surface area contributed by atoms with E-state index >= 15 is 0 Å². The van der Waals surface area contributed by atoms with Gasteiger partial charge in [-0.25, -0.2) is 4.79 Å². The van der Waals surface area contributed by atoms with Crippen LogP contribution in [-0.4, -0.2) is 42.5 Å². The standard InChI is InChI=1S/C37H58N2O5/c1-10-13-32(2,3)15-17-35(7,39-31(42)44-27-12-19-43-24-27)18-16-34(6)22-26(40)20-29-36(8)21-25(23-38)30(41)33(4,5)28(36)11-14-37(29,34)9/h21,27-29H,10-20,22,24H2,1-9H3,(H,39,42)/t27?,28-,29+,34+,35-,36-,37+/m0/s1. The molecule has 7 atom stereocenters. The predicted molar refractivity (Wildman–Crippen MR) is 172 cm³/mol. The third kappa shape index (κ3) is 6.39. The van der Waals surface area contributed by atoms with Gasteiger partial charge in [-0.05, 0) is 85.4 Å². The van der Waals surface area contributed by atoms with Gasteiger partial charge in [-0.3, -0.25) is 9.59 Å². The van der Waals surface area contributed by atoms with Gasteiger partial charge >= 0.3 is 6.09 Å². The number of carbonyl (C=O) groups is 3. The van der Waals surface area contributed by atoms with E-state index in [0.717, 1.165) is 57.8 Å². The van der Waals surface area contributed by atoms with Crippen LogP contribution in [0.25, 0.3) is 0 Å². The van der Waals surface area contributed by atoms with E-state index in [-0.39, 0.29) is 57.4 Å². The van der Waals surface area contributed by atoms with Gasteiger partial charge in [-0.15, -0.1) is 0 Å². The number of amides is 1.